The van der Waals surface area contributed by atoms with Crippen molar-refractivity contribution in [2.45, 2.75) is 32.3 Å². The number of thiophene rings is 1. The van der Waals surface area contributed by atoms with Crippen molar-refractivity contribution in [3.63, 3.8) is 0 Å². The molecule has 0 aliphatic heterocycles. The van der Waals surface area contributed by atoms with Gasteiger partial charge in [0.25, 0.3) is 0 Å². The van der Waals surface area contributed by atoms with E-state index in [0.717, 1.165) is 11.3 Å². The van der Waals surface area contributed by atoms with Crippen molar-refractivity contribution in [1.82, 2.24) is 0 Å². The van der Waals surface area contributed by atoms with Gasteiger partial charge in [0.05, 0.1) is 5.60 Å². The predicted molar refractivity (Wildman–Crippen MR) is 90.9 cm³/mol. The highest BCUT2D eigenvalue weighted by Crippen LogP contribution is 2.35. The van der Waals surface area contributed by atoms with Gasteiger partial charge in [0.15, 0.2) is 0 Å². The summed E-state index contributed by atoms with van der Waals surface area (Å²) in [4.78, 5) is 1.03. The summed E-state index contributed by atoms with van der Waals surface area (Å²) < 4.78 is 1.23. The van der Waals surface area contributed by atoms with E-state index in [-0.39, 0.29) is 0 Å². The highest BCUT2D eigenvalue weighted by molar-refractivity contribution is 7.19. The molecular formula is C19H20OS. The summed E-state index contributed by atoms with van der Waals surface area (Å²) in [7, 11) is 0. The Balaban J connectivity index is 1.87. The first-order valence-electron chi connectivity index (χ1n) is 7.38. The lowest BCUT2D eigenvalue weighted by Crippen LogP contribution is -2.22. The zero-order valence-corrected chi connectivity index (χ0v) is 13.3. The van der Waals surface area contributed by atoms with Crippen LogP contribution in [0.5, 0.6) is 0 Å². The molecule has 0 aliphatic carbocycles. The summed E-state index contributed by atoms with van der Waals surface area (Å²) in [5.74, 6) is 0. The molecule has 0 bridgehead atoms. The molecule has 2 aromatic carbocycles. The molecule has 3 rings (SSSR count). The number of rotatable bonds is 4. The van der Waals surface area contributed by atoms with Crippen molar-refractivity contribution in [3.8, 4) is 0 Å². The molecule has 2 heteroatoms. The molecule has 0 amide bonds. The lowest BCUT2D eigenvalue weighted by atomic mass is 9.94. The molecule has 0 aliphatic rings. The van der Waals surface area contributed by atoms with E-state index in [2.05, 4.69) is 49.4 Å². The summed E-state index contributed by atoms with van der Waals surface area (Å²) in [5, 5.41) is 12.1. The van der Waals surface area contributed by atoms with Gasteiger partial charge in [-0.3, -0.25) is 0 Å². The van der Waals surface area contributed by atoms with E-state index >= 15 is 0 Å². The summed E-state index contributed by atoms with van der Waals surface area (Å²) in [6.07, 6.45) is 1.69. The average Bonchev–Trinajstić information content (AvgIpc) is 2.92. The molecule has 21 heavy (non-hydrogen) atoms. The van der Waals surface area contributed by atoms with Crippen LogP contribution < -0.4 is 0 Å². The van der Waals surface area contributed by atoms with Crippen molar-refractivity contribution < 1.29 is 5.11 Å². The molecule has 1 unspecified atom stereocenters. The van der Waals surface area contributed by atoms with Crippen LogP contribution in [-0.4, -0.2) is 5.11 Å². The smallest absolute Gasteiger partial charge is 0.1000 e. The molecule has 0 fully saturated rings. The van der Waals surface area contributed by atoms with Gasteiger partial charge < -0.3 is 5.11 Å². The van der Waals surface area contributed by atoms with Crippen molar-refractivity contribution in [1.29, 1.82) is 0 Å². The van der Waals surface area contributed by atoms with E-state index in [1.54, 1.807) is 11.3 Å². The Hall–Kier alpha value is -1.64. The Morgan fingerprint density at radius 1 is 1.00 bits per heavy atom. The largest absolute Gasteiger partial charge is 0.384 e. The average molecular weight is 296 g/mol. The lowest BCUT2D eigenvalue weighted by molar-refractivity contribution is 0.0616. The Bertz CT molecular complexity index is 705. The molecule has 1 N–H and O–H groups in total. The minimum absolute atomic E-state index is 0.643. The molecule has 108 valence electrons. The van der Waals surface area contributed by atoms with E-state index in [1.165, 1.54) is 21.2 Å². The fourth-order valence-electron chi connectivity index (χ4n) is 2.62. The lowest BCUT2D eigenvalue weighted by Gasteiger charge is -2.22. The Morgan fingerprint density at radius 3 is 2.33 bits per heavy atom. The van der Waals surface area contributed by atoms with E-state index in [0.29, 0.717) is 6.42 Å². The number of hydrogen-bond acceptors (Lipinski definition) is 2. The zero-order chi connectivity index (χ0) is 14.9. The Morgan fingerprint density at radius 2 is 1.67 bits per heavy atom. The van der Waals surface area contributed by atoms with E-state index in [9.17, 15) is 5.11 Å². The van der Waals surface area contributed by atoms with Gasteiger partial charge in [0, 0.05) is 16.0 Å². The van der Waals surface area contributed by atoms with Gasteiger partial charge in [0.1, 0.15) is 0 Å². The van der Waals surface area contributed by atoms with Crippen LogP contribution in [0.2, 0.25) is 0 Å². The van der Waals surface area contributed by atoms with Crippen LogP contribution in [0.3, 0.4) is 0 Å². The van der Waals surface area contributed by atoms with Gasteiger partial charge >= 0.3 is 0 Å². The Labute approximate surface area is 129 Å². The van der Waals surface area contributed by atoms with Gasteiger partial charge in [-0.05, 0) is 42.0 Å². The predicted octanol–water partition coefficient (Wildman–Crippen LogP) is 4.91. The number of hydrogen-bond donors (Lipinski definition) is 1. The van der Waals surface area contributed by atoms with Crippen LogP contribution in [0.4, 0.5) is 0 Å². The van der Waals surface area contributed by atoms with Gasteiger partial charge in [-0.15, -0.1) is 11.3 Å². The zero-order valence-electron chi connectivity index (χ0n) is 12.5. The van der Waals surface area contributed by atoms with Crippen LogP contribution in [0.25, 0.3) is 10.1 Å². The molecule has 1 nitrogen and oxygen atoms in total. The first-order chi connectivity index (χ1) is 10.1. The second kappa shape index (κ2) is 5.63. The van der Waals surface area contributed by atoms with Crippen LogP contribution in [-0.2, 0) is 18.4 Å². The van der Waals surface area contributed by atoms with E-state index in [1.807, 2.05) is 19.1 Å². The number of benzene rings is 2. The highest BCUT2D eigenvalue weighted by atomic mass is 32.1. The molecule has 0 saturated heterocycles. The SMILES string of the molecule is CCc1ccc(CC(C)(O)c2cc3ccccc3s2)cc1. The maximum atomic E-state index is 10.9. The molecule has 0 saturated carbocycles. The standard InChI is InChI=1S/C19H20OS/c1-3-14-8-10-15(11-9-14)13-19(2,20)18-12-16-6-4-5-7-17(16)21-18/h4-12,20H,3,13H2,1-2H3. The summed E-state index contributed by atoms with van der Waals surface area (Å²) in [6.45, 7) is 4.06. The van der Waals surface area contributed by atoms with Gasteiger partial charge in [-0.2, -0.15) is 0 Å². The van der Waals surface area contributed by atoms with Crippen molar-refractivity contribution in [2.75, 3.05) is 0 Å². The molecular weight excluding hydrogens is 276 g/mol. The molecule has 3 aromatic rings. The quantitative estimate of drug-likeness (QED) is 0.725. The molecule has 1 heterocycles. The van der Waals surface area contributed by atoms with Crippen LogP contribution in [0.15, 0.2) is 54.6 Å². The first kappa shape index (κ1) is 14.3. The topological polar surface area (TPSA) is 20.2 Å². The molecule has 0 radical (unpaired) electrons. The summed E-state index contributed by atoms with van der Waals surface area (Å²) >= 11 is 1.68. The highest BCUT2D eigenvalue weighted by Gasteiger charge is 2.25. The minimum Gasteiger partial charge on any atom is -0.384 e. The first-order valence-corrected chi connectivity index (χ1v) is 8.19. The third kappa shape index (κ3) is 3.02. The van der Waals surface area contributed by atoms with Crippen LogP contribution >= 0.6 is 11.3 Å². The third-order valence-electron chi connectivity index (χ3n) is 3.94. The summed E-state index contributed by atoms with van der Waals surface area (Å²) in [5.41, 5.74) is 1.69. The second-order valence-corrected chi connectivity index (χ2v) is 6.85. The van der Waals surface area contributed by atoms with Gasteiger partial charge in [-0.25, -0.2) is 0 Å². The monoisotopic (exact) mass is 296 g/mol. The third-order valence-corrected chi connectivity index (χ3v) is 5.31. The number of aliphatic hydroxyl groups is 1. The van der Waals surface area contributed by atoms with Gasteiger partial charge in [0.2, 0.25) is 0 Å². The number of fused-ring (bicyclic) bond motifs is 1. The second-order valence-electron chi connectivity index (χ2n) is 5.77. The fraction of sp³-hybridized carbons (Fsp3) is 0.263. The maximum absolute atomic E-state index is 10.9. The molecule has 1 atom stereocenters. The Kier molecular flexibility index (Phi) is 3.83. The molecule has 0 spiro atoms. The maximum Gasteiger partial charge on any atom is 0.1000 e. The molecule has 1 aromatic heterocycles. The van der Waals surface area contributed by atoms with Crippen molar-refractivity contribution >= 4 is 21.4 Å². The minimum atomic E-state index is -0.822. The summed E-state index contributed by atoms with van der Waals surface area (Å²) in [6, 6.07) is 18.9. The fourth-order valence-corrected chi connectivity index (χ4v) is 3.73. The van der Waals surface area contributed by atoms with Crippen molar-refractivity contribution in [2.24, 2.45) is 0 Å². The van der Waals surface area contributed by atoms with Crippen LogP contribution in [0, 0.1) is 0 Å². The van der Waals surface area contributed by atoms with E-state index < -0.39 is 5.60 Å². The normalized spacial score (nSPS) is 14.2. The van der Waals surface area contributed by atoms with Crippen LogP contribution in [0.1, 0.15) is 29.9 Å². The van der Waals surface area contributed by atoms with E-state index in [4.69, 9.17) is 0 Å². The van der Waals surface area contributed by atoms with Crippen molar-refractivity contribution in [3.05, 3.63) is 70.6 Å². The number of aryl methyl sites for hydroxylation is 1. The van der Waals surface area contributed by atoms with Gasteiger partial charge in [-0.1, -0.05) is 49.4 Å².